The third-order valence-electron chi connectivity index (χ3n) is 2.88. The highest BCUT2D eigenvalue weighted by atomic mass is 16.1. The van der Waals surface area contributed by atoms with Gasteiger partial charge in [0.25, 0.3) is 0 Å². The molecule has 2 atom stereocenters. The van der Waals surface area contributed by atoms with Crippen molar-refractivity contribution in [3.8, 4) is 0 Å². The normalized spacial score (nSPS) is 27.5. The maximum absolute atomic E-state index is 11.5. The van der Waals surface area contributed by atoms with Crippen LogP contribution < -0.4 is 11.4 Å². The largest absolute Gasteiger partial charge is 0.347 e. The first-order valence-corrected chi connectivity index (χ1v) is 5.08. The van der Waals surface area contributed by atoms with Crippen molar-refractivity contribution in [2.75, 3.05) is 0 Å². The third kappa shape index (κ3) is 1.70. The van der Waals surface area contributed by atoms with Crippen molar-refractivity contribution in [3.63, 3.8) is 0 Å². The van der Waals surface area contributed by atoms with Gasteiger partial charge in [0.15, 0.2) is 0 Å². The summed E-state index contributed by atoms with van der Waals surface area (Å²) >= 11 is 0. The van der Waals surface area contributed by atoms with Gasteiger partial charge in [-0.3, -0.25) is 4.57 Å². The standard InChI is InChI=1S/C10H15N3O/c11-8-4-1-2-5-9(8)13-7-3-6-12-10(13)14/h3,6-9H,1-2,4-5,11H2. The van der Waals surface area contributed by atoms with Crippen LogP contribution in [0.25, 0.3) is 0 Å². The molecule has 0 bridgehead atoms. The number of rotatable bonds is 1. The van der Waals surface area contributed by atoms with Gasteiger partial charge in [0.05, 0.1) is 6.04 Å². The predicted octanol–water partition coefficient (Wildman–Crippen LogP) is 0.686. The van der Waals surface area contributed by atoms with Crippen molar-refractivity contribution >= 4 is 0 Å². The van der Waals surface area contributed by atoms with Crippen LogP contribution in [0, 0.1) is 0 Å². The number of nitrogens with zero attached hydrogens (tertiary/aromatic N) is 2. The molecule has 0 amide bonds. The first-order valence-electron chi connectivity index (χ1n) is 5.08. The maximum atomic E-state index is 11.5. The Morgan fingerprint density at radius 3 is 2.93 bits per heavy atom. The van der Waals surface area contributed by atoms with E-state index in [9.17, 15) is 4.79 Å². The van der Waals surface area contributed by atoms with E-state index in [1.54, 1.807) is 16.8 Å². The molecule has 0 saturated heterocycles. The van der Waals surface area contributed by atoms with E-state index in [4.69, 9.17) is 5.73 Å². The zero-order valence-electron chi connectivity index (χ0n) is 8.10. The smallest absolute Gasteiger partial charge is 0.326 e. The molecule has 76 valence electrons. The number of hydrogen-bond acceptors (Lipinski definition) is 3. The van der Waals surface area contributed by atoms with Crippen molar-refractivity contribution in [1.82, 2.24) is 9.55 Å². The molecule has 0 aliphatic heterocycles. The van der Waals surface area contributed by atoms with E-state index in [1.807, 2.05) is 0 Å². The fourth-order valence-electron chi connectivity index (χ4n) is 2.11. The van der Waals surface area contributed by atoms with Crippen LogP contribution in [-0.2, 0) is 0 Å². The van der Waals surface area contributed by atoms with Gasteiger partial charge in [0.2, 0.25) is 0 Å². The molecule has 1 aromatic rings. The summed E-state index contributed by atoms with van der Waals surface area (Å²) in [6.07, 6.45) is 7.63. The highest BCUT2D eigenvalue weighted by Crippen LogP contribution is 2.25. The minimum Gasteiger partial charge on any atom is -0.326 e. The molecule has 1 fully saturated rings. The SMILES string of the molecule is NC1CCCCC1n1cccnc1=O. The minimum atomic E-state index is -0.185. The summed E-state index contributed by atoms with van der Waals surface area (Å²) in [5.41, 5.74) is 5.81. The van der Waals surface area contributed by atoms with Gasteiger partial charge in [0.1, 0.15) is 0 Å². The van der Waals surface area contributed by atoms with Gasteiger partial charge in [-0.2, -0.15) is 0 Å². The molecule has 2 N–H and O–H groups in total. The van der Waals surface area contributed by atoms with E-state index >= 15 is 0 Å². The van der Waals surface area contributed by atoms with E-state index in [0.717, 1.165) is 19.3 Å². The van der Waals surface area contributed by atoms with Crippen LogP contribution >= 0.6 is 0 Å². The summed E-state index contributed by atoms with van der Waals surface area (Å²) in [5.74, 6) is 0. The molecule has 2 rings (SSSR count). The van der Waals surface area contributed by atoms with Crippen LogP contribution in [0.4, 0.5) is 0 Å². The van der Waals surface area contributed by atoms with E-state index < -0.39 is 0 Å². The molecule has 1 aliphatic carbocycles. The average molecular weight is 193 g/mol. The number of aromatic nitrogens is 2. The Labute approximate surface area is 82.8 Å². The second-order valence-corrected chi connectivity index (χ2v) is 3.83. The Balaban J connectivity index is 2.29. The molecular formula is C10H15N3O. The van der Waals surface area contributed by atoms with E-state index in [-0.39, 0.29) is 17.8 Å². The van der Waals surface area contributed by atoms with Crippen LogP contribution in [0.1, 0.15) is 31.7 Å². The van der Waals surface area contributed by atoms with Crippen LogP contribution in [-0.4, -0.2) is 15.6 Å². The zero-order valence-corrected chi connectivity index (χ0v) is 8.10. The van der Waals surface area contributed by atoms with Crippen molar-refractivity contribution < 1.29 is 0 Å². The molecule has 1 aromatic heterocycles. The lowest BCUT2D eigenvalue weighted by molar-refractivity contribution is 0.297. The molecular weight excluding hydrogens is 178 g/mol. The molecule has 2 unspecified atom stereocenters. The molecule has 0 aromatic carbocycles. The summed E-state index contributed by atoms with van der Waals surface area (Å²) in [5, 5.41) is 0. The fraction of sp³-hybridized carbons (Fsp3) is 0.600. The summed E-state index contributed by atoms with van der Waals surface area (Å²) < 4.78 is 1.67. The molecule has 4 nitrogen and oxygen atoms in total. The van der Waals surface area contributed by atoms with Crippen LogP contribution in [0.15, 0.2) is 23.3 Å². The Kier molecular flexibility index (Phi) is 2.63. The molecule has 0 radical (unpaired) electrons. The second-order valence-electron chi connectivity index (χ2n) is 3.83. The lowest BCUT2D eigenvalue weighted by atomic mass is 9.91. The fourth-order valence-corrected chi connectivity index (χ4v) is 2.11. The van der Waals surface area contributed by atoms with Gasteiger partial charge in [-0.05, 0) is 18.9 Å². The molecule has 14 heavy (non-hydrogen) atoms. The quantitative estimate of drug-likeness (QED) is 0.713. The van der Waals surface area contributed by atoms with E-state index in [2.05, 4.69) is 4.98 Å². The molecule has 1 saturated carbocycles. The topological polar surface area (TPSA) is 60.9 Å². The summed E-state index contributed by atoms with van der Waals surface area (Å²) in [6, 6.07) is 2.03. The first kappa shape index (κ1) is 9.40. The van der Waals surface area contributed by atoms with Gasteiger partial charge in [0, 0.05) is 18.4 Å². The van der Waals surface area contributed by atoms with Crippen molar-refractivity contribution in [3.05, 3.63) is 28.9 Å². The predicted molar refractivity (Wildman–Crippen MR) is 54.0 cm³/mol. The highest BCUT2D eigenvalue weighted by Gasteiger charge is 2.23. The second kappa shape index (κ2) is 3.92. The first-order chi connectivity index (χ1) is 6.79. The number of nitrogens with two attached hydrogens (primary N) is 1. The molecule has 0 spiro atoms. The molecule has 4 heteroatoms. The highest BCUT2D eigenvalue weighted by molar-refractivity contribution is 4.90. The van der Waals surface area contributed by atoms with Gasteiger partial charge < -0.3 is 5.73 Å². The molecule has 1 heterocycles. The van der Waals surface area contributed by atoms with Crippen LogP contribution in [0.2, 0.25) is 0 Å². The molecule has 1 aliphatic rings. The Morgan fingerprint density at radius 2 is 2.21 bits per heavy atom. The summed E-state index contributed by atoms with van der Waals surface area (Å²) in [4.78, 5) is 15.2. The van der Waals surface area contributed by atoms with Gasteiger partial charge >= 0.3 is 5.69 Å². The van der Waals surface area contributed by atoms with Crippen molar-refractivity contribution in [1.29, 1.82) is 0 Å². The lowest BCUT2D eigenvalue weighted by Gasteiger charge is -2.29. The summed E-state index contributed by atoms with van der Waals surface area (Å²) in [7, 11) is 0. The third-order valence-corrected chi connectivity index (χ3v) is 2.88. The van der Waals surface area contributed by atoms with Gasteiger partial charge in [-0.25, -0.2) is 9.78 Å². The minimum absolute atomic E-state index is 0.102. The van der Waals surface area contributed by atoms with Crippen LogP contribution in [0.3, 0.4) is 0 Å². The van der Waals surface area contributed by atoms with E-state index in [0.29, 0.717) is 0 Å². The van der Waals surface area contributed by atoms with E-state index in [1.165, 1.54) is 12.6 Å². The zero-order chi connectivity index (χ0) is 9.97. The number of hydrogen-bond donors (Lipinski definition) is 1. The monoisotopic (exact) mass is 193 g/mol. The Hall–Kier alpha value is -1.16. The van der Waals surface area contributed by atoms with Gasteiger partial charge in [-0.15, -0.1) is 0 Å². The van der Waals surface area contributed by atoms with Crippen molar-refractivity contribution in [2.24, 2.45) is 5.73 Å². The average Bonchev–Trinajstić information content (AvgIpc) is 2.20. The maximum Gasteiger partial charge on any atom is 0.347 e. The van der Waals surface area contributed by atoms with Crippen LogP contribution in [0.5, 0.6) is 0 Å². The summed E-state index contributed by atoms with van der Waals surface area (Å²) in [6.45, 7) is 0. The Bertz CT molecular complexity index is 360. The van der Waals surface area contributed by atoms with Gasteiger partial charge in [-0.1, -0.05) is 12.8 Å². The van der Waals surface area contributed by atoms with Crippen molar-refractivity contribution in [2.45, 2.75) is 37.8 Å². The Morgan fingerprint density at radius 1 is 1.43 bits per heavy atom. The lowest BCUT2D eigenvalue weighted by Crippen LogP contribution is -2.39.